The van der Waals surface area contributed by atoms with Gasteiger partial charge in [-0.25, -0.2) is 23.1 Å². The fourth-order valence-corrected chi connectivity index (χ4v) is 10.0. The molecule has 63 heavy (non-hydrogen) atoms. The van der Waals surface area contributed by atoms with Crippen LogP contribution < -0.4 is 20.4 Å². The van der Waals surface area contributed by atoms with E-state index in [9.17, 15) is 23.2 Å². The number of fused-ring (bicyclic) bond motifs is 4. The average molecular weight is 862 g/mol. The zero-order valence-corrected chi connectivity index (χ0v) is 35.0. The van der Waals surface area contributed by atoms with Crippen molar-refractivity contribution in [1.82, 2.24) is 39.6 Å². The molecule has 18 heteroatoms. The number of imide groups is 1. The Labute approximate surface area is 362 Å². The van der Waals surface area contributed by atoms with Gasteiger partial charge in [-0.05, 0) is 68.6 Å². The maximum atomic E-state index is 14.3. The summed E-state index contributed by atoms with van der Waals surface area (Å²) in [5, 5.41) is 15.4. The van der Waals surface area contributed by atoms with E-state index in [0.717, 1.165) is 86.9 Å². The molecule has 5 aromatic rings. The molecule has 4 saturated heterocycles. The Bertz CT molecular complexity index is 2620. The zero-order chi connectivity index (χ0) is 43.2. The van der Waals surface area contributed by atoms with Gasteiger partial charge in [0.25, 0.3) is 12.3 Å². The van der Waals surface area contributed by atoms with E-state index in [1.807, 2.05) is 24.3 Å². The van der Waals surface area contributed by atoms with Gasteiger partial charge in [0.15, 0.2) is 11.3 Å². The first-order valence-corrected chi connectivity index (χ1v) is 21.9. The molecule has 10 rings (SSSR count). The molecule has 1 saturated carbocycles. The number of carbonyl (C=O) groups is 3. The first-order chi connectivity index (χ1) is 30.6. The maximum Gasteiger partial charge on any atom is 0.328 e. The smallest absolute Gasteiger partial charge is 0.328 e. The molecular weight excluding hydrogens is 813 g/mol. The van der Waals surface area contributed by atoms with Crippen molar-refractivity contribution in [3.63, 3.8) is 0 Å². The molecule has 1 aromatic carbocycles. The van der Waals surface area contributed by atoms with Gasteiger partial charge in [0.1, 0.15) is 18.0 Å². The lowest BCUT2D eigenvalue weighted by Crippen LogP contribution is -2.49. The number of nitrogens with zero attached hydrogens (tertiary/aromatic N) is 9. The van der Waals surface area contributed by atoms with Gasteiger partial charge in [-0.15, -0.1) is 0 Å². The van der Waals surface area contributed by atoms with Crippen molar-refractivity contribution < 1.29 is 32.6 Å². The minimum atomic E-state index is -2.86. The molecule has 16 nitrogen and oxygen atoms in total. The number of hydrogen-bond donors (Lipinski definition) is 2. The highest BCUT2D eigenvalue weighted by Crippen LogP contribution is 2.37. The number of benzene rings is 1. The molecule has 0 radical (unpaired) electrons. The summed E-state index contributed by atoms with van der Waals surface area (Å²) in [5.41, 5.74) is 1.58. The highest BCUT2D eigenvalue weighted by molar-refractivity contribution is 6.10. The summed E-state index contributed by atoms with van der Waals surface area (Å²) in [6, 6.07) is 7.41. The van der Waals surface area contributed by atoms with E-state index in [1.165, 1.54) is 15.6 Å². The second kappa shape index (κ2) is 17.3. The van der Waals surface area contributed by atoms with E-state index in [0.29, 0.717) is 42.9 Å². The number of halogens is 2. The predicted octanol–water partition coefficient (Wildman–Crippen LogP) is 5.60. The standard InChI is InChI=1S/C45H49F2N11O5/c1-27-22-54(13-10-38(27)62-16-2-3-28-6-9-34-30(17-28)19-48-21-37(34)55-14-12-40(59)52-45(55)61)23-29-4-7-31(8-5-29)58-25-36(41(53-58)42(46)47)50-44(60)35-20-49-57-15-11-39(51-43(35)57)56-24-33-18-32(56)26-63-33/h6,9,11,15,17,19-21,25,27,29,31-33,38,42H,4-5,7-8,10,12-14,16,18,22-24,26H2,1H3,(H,50,60)(H,52,59,61)/t27-,29-,31-,32+,33+,38-/m0/s1. The van der Waals surface area contributed by atoms with E-state index >= 15 is 0 Å². The number of carbonyl (C=O) groups excluding carboxylic acids is 3. The molecule has 4 atom stereocenters. The highest BCUT2D eigenvalue weighted by Gasteiger charge is 2.40. The zero-order valence-electron chi connectivity index (χ0n) is 35.0. The lowest BCUT2D eigenvalue weighted by Gasteiger charge is -2.39. The quantitative estimate of drug-likeness (QED) is 0.168. The Hall–Kier alpha value is -6.03. The SMILES string of the molecule is C[C@H]1CN(C[C@H]2CC[C@H](n3cc(NC(=O)c4cnn5ccc(N6C[C@H]7C[C@@H]6CO7)nc45)c(C(F)F)n3)CC2)CC[C@@H]1OCC#Cc1ccc2c(N3CCC(=O)NC3=O)cncc2c1. The number of morpholine rings is 1. The number of nitrogens with one attached hydrogen (secondary N) is 2. The van der Waals surface area contributed by atoms with Crippen LogP contribution in [-0.4, -0.2) is 116 Å². The van der Waals surface area contributed by atoms with Crippen LogP contribution in [0.3, 0.4) is 0 Å². The van der Waals surface area contributed by atoms with Crippen LogP contribution in [0, 0.1) is 23.7 Å². The van der Waals surface area contributed by atoms with E-state index < -0.39 is 24.1 Å². The number of rotatable bonds is 10. The molecule has 5 fully saturated rings. The Balaban J connectivity index is 0.694. The lowest BCUT2D eigenvalue weighted by molar-refractivity contribution is -0.120. The fraction of sp³-hybridized carbons (Fsp3) is 0.489. The number of alkyl halides is 2. The van der Waals surface area contributed by atoms with Gasteiger partial charge < -0.3 is 24.6 Å². The van der Waals surface area contributed by atoms with Crippen molar-refractivity contribution in [3.8, 4) is 11.8 Å². The van der Waals surface area contributed by atoms with Crippen LogP contribution in [-0.2, 0) is 14.3 Å². The van der Waals surface area contributed by atoms with Gasteiger partial charge >= 0.3 is 6.03 Å². The number of amides is 4. The van der Waals surface area contributed by atoms with Crippen LogP contribution in [0.4, 0.5) is 30.8 Å². The normalized spacial score (nSPS) is 25.2. The first kappa shape index (κ1) is 41.0. The van der Waals surface area contributed by atoms with E-state index in [1.54, 1.807) is 29.5 Å². The van der Waals surface area contributed by atoms with Crippen molar-refractivity contribution in [3.05, 3.63) is 72.1 Å². The Morgan fingerprint density at radius 1 is 1.06 bits per heavy atom. The molecule has 1 aliphatic carbocycles. The minimum absolute atomic E-state index is 0.00133. The van der Waals surface area contributed by atoms with Gasteiger partial charge in [0.05, 0.1) is 54.7 Å². The molecule has 8 heterocycles. The number of anilines is 3. The van der Waals surface area contributed by atoms with Crippen LogP contribution >= 0.6 is 0 Å². The van der Waals surface area contributed by atoms with Gasteiger partial charge in [0, 0.05) is 74.1 Å². The summed E-state index contributed by atoms with van der Waals surface area (Å²) in [6.07, 6.45) is 11.2. The summed E-state index contributed by atoms with van der Waals surface area (Å²) < 4.78 is 43.7. The van der Waals surface area contributed by atoms with E-state index in [4.69, 9.17) is 14.5 Å². The summed E-state index contributed by atoms with van der Waals surface area (Å²) in [5.74, 6) is 7.09. The van der Waals surface area contributed by atoms with Gasteiger partial charge in [-0.3, -0.25) is 29.5 Å². The monoisotopic (exact) mass is 861 g/mol. The number of ether oxygens (including phenoxy) is 2. The number of urea groups is 1. The highest BCUT2D eigenvalue weighted by atomic mass is 19.3. The number of pyridine rings is 1. The van der Waals surface area contributed by atoms with Crippen molar-refractivity contribution in [2.45, 2.75) is 82.6 Å². The van der Waals surface area contributed by atoms with Gasteiger partial charge in [-0.1, -0.05) is 24.8 Å². The fourth-order valence-electron chi connectivity index (χ4n) is 10.0. The Morgan fingerprint density at radius 2 is 1.94 bits per heavy atom. The molecule has 0 unspecified atom stereocenters. The van der Waals surface area contributed by atoms with E-state index in [-0.39, 0.29) is 47.9 Å². The van der Waals surface area contributed by atoms with Gasteiger partial charge in [0.2, 0.25) is 5.91 Å². The molecule has 0 spiro atoms. The summed E-state index contributed by atoms with van der Waals surface area (Å²) in [6.45, 7) is 7.07. The third-order valence-corrected chi connectivity index (χ3v) is 13.3. The van der Waals surface area contributed by atoms with Crippen LogP contribution in [0.2, 0.25) is 0 Å². The molecule has 328 valence electrons. The predicted molar refractivity (Wildman–Crippen MR) is 229 cm³/mol. The third-order valence-electron chi connectivity index (χ3n) is 13.3. The second-order valence-corrected chi connectivity index (χ2v) is 17.5. The van der Waals surface area contributed by atoms with Crippen molar-refractivity contribution in [2.24, 2.45) is 11.8 Å². The van der Waals surface area contributed by atoms with Gasteiger partial charge in [-0.2, -0.15) is 10.2 Å². The molecule has 4 aromatic heterocycles. The number of likely N-dealkylation sites (tertiary alicyclic amines) is 1. The molecule has 2 N–H and O–H groups in total. The van der Waals surface area contributed by atoms with Crippen molar-refractivity contribution in [1.29, 1.82) is 0 Å². The topological polar surface area (TPSA) is 164 Å². The second-order valence-electron chi connectivity index (χ2n) is 17.5. The van der Waals surface area contributed by atoms with Crippen molar-refractivity contribution >= 4 is 51.5 Å². The van der Waals surface area contributed by atoms with Crippen LogP contribution in [0.25, 0.3) is 16.4 Å². The van der Waals surface area contributed by atoms with Crippen LogP contribution in [0.1, 0.15) is 86.0 Å². The summed E-state index contributed by atoms with van der Waals surface area (Å²) >= 11 is 0. The van der Waals surface area contributed by atoms with Crippen LogP contribution in [0.15, 0.2) is 55.2 Å². The van der Waals surface area contributed by atoms with E-state index in [2.05, 4.69) is 54.4 Å². The number of hydrogen-bond acceptors (Lipinski definition) is 11. The number of piperidine rings is 1. The third kappa shape index (κ3) is 8.44. The maximum absolute atomic E-state index is 14.3. The molecule has 4 amide bonds. The molecule has 5 aliphatic rings. The molecule has 2 bridgehead atoms. The molecule has 4 aliphatic heterocycles. The first-order valence-electron chi connectivity index (χ1n) is 21.9. The average Bonchev–Trinajstić information content (AvgIpc) is 4.11. The number of aromatic nitrogens is 6. The largest absolute Gasteiger partial charge is 0.374 e. The summed E-state index contributed by atoms with van der Waals surface area (Å²) in [7, 11) is 0. The summed E-state index contributed by atoms with van der Waals surface area (Å²) in [4.78, 5) is 52.9. The minimum Gasteiger partial charge on any atom is -0.374 e. The Kier molecular flexibility index (Phi) is 11.2. The van der Waals surface area contributed by atoms with Crippen molar-refractivity contribution in [2.75, 3.05) is 61.1 Å². The molecular formula is C45H49F2N11O5. The lowest BCUT2D eigenvalue weighted by atomic mass is 9.85. The Morgan fingerprint density at radius 3 is 2.71 bits per heavy atom. The van der Waals surface area contributed by atoms with Crippen LogP contribution in [0.5, 0.6) is 0 Å².